The Labute approximate surface area is 105 Å². The van der Waals surface area contributed by atoms with Gasteiger partial charge < -0.3 is 4.74 Å². The highest BCUT2D eigenvalue weighted by Crippen LogP contribution is 2.33. The van der Waals surface area contributed by atoms with Crippen molar-refractivity contribution in [2.24, 2.45) is 5.92 Å². The summed E-state index contributed by atoms with van der Waals surface area (Å²) in [5.41, 5.74) is 0.396. The van der Waals surface area contributed by atoms with E-state index in [-0.39, 0.29) is 11.9 Å². The van der Waals surface area contributed by atoms with Crippen LogP contribution >= 0.6 is 15.9 Å². The van der Waals surface area contributed by atoms with E-state index in [4.69, 9.17) is 4.74 Å². The van der Waals surface area contributed by atoms with Crippen LogP contribution in [0, 0.1) is 5.92 Å². The van der Waals surface area contributed by atoms with Crippen LogP contribution in [0.15, 0.2) is 28.7 Å². The number of carbonyl (C=O) groups is 1. The molecule has 0 N–H and O–H groups in total. The molecule has 1 rings (SSSR count). The molecule has 1 unspecified atom stereocenters. The van der Waals surface area contributed by atoms with Crippen molar-refractivity contribution < 1.29 is 9.53 Å². The fourth-order valence-corrected chi connectivity index (χ4v) is 1.96. The monoisotopic (exact) mass is 284 g/mol. The number of rotatable bonds is 3. The van der Waals surface area contributed by atoms with E-state index in [9.17, 15) is 4.79 Å². The van der Waals surface area contributed by atoms with E-state index in [0.717, 1.165) is 10.0 Å². The Morgan fingerprint density at radius 2 is 1.81 bits per heavy atom. The summed E-state index contributed by atoms with van der Waals surface area (Å²) in [7, 11) is 1.43. The average molecular weight is 285 g/mol. The number of hydrogen-bond donors (Lipinski definition) is 0. The van der Waals surface area contributed by atoms with E-state index in [1.54, 1.807) is 0 Å². The fourth-order valence-electron chi connectivity index (χ4n) is 1.70. The van der Waals surface area contributed by atoms with Crippen LogP contribution in [0.2, 0.25) is 0 Å². The minimum absolute atomic E-state index is 0.182. The van der Waals surface area contributed by atoms with E-state index in [0.29, 0.717) is 0 Å². The molecule has 0 amide bonds. The molecule has 1 aromatic carbocycles. The van der Waals surface area contributed by atoms with Crippen LogP contribution in [0.5, 0.6) is 0 Å². The maximum atomic E-state index is 11.9. The van der Waals surface area contributed by atoms with Crippen LogP contribution in [0.25, 0.3) is 0 Å². The summed E-state index contributed by atoms with van der Waals surface area (Å²) in [5.74, 6) is -0.00838. The minimum Gasteiger partial charge on any atom is -0.468 e. The van der Waals surface area contributed by atoms with Crippen molar-refractivity contribution in [3.8, 4) is 0 Å². The fraction of sp³-hybridized carbons (Fsp3) is 0.462. The van der Waals surface area contributed by atoms with Gasteiger partial charge in [0.1, 0.15) is 0 Å². The predicted octanol–water partition coefficient (Wildman–Crippen LogP) is 3.54. The molecule has 0 aliphatic rings. The normalized spacial score (nSPS) is 14.6. The molecule has 0 saturated carbocycles. The first-order valence-electron chi connectivity index (χ1n) is 5.27. The van der Waals surface area contributed by atoms with Gasteiger partial charge in [-0.25, -0.2) is 0 Å². The number of halogens is 1. The second-order valence-electron chi connectivity index (χ2n) is 4.36. The number of carbonyl (C=O) groups excluding carboxylic acids is 1. The van der Waals surface area contributed by atoms with Gasteiger partial charge in [0.05, 0.1) is 12.5 Å². The van der Waals surface area contributed by atoms with E-state index in [1.807, 2.05) is 45.0 Å². The van der Waals surface area contributed by atoms with E-state index in [2.05, 4.69) is 15.9 Å². The van der Waals surface area contributed by atoms with Crippen molar-refractivity contribution in [2.45, 2.75) is 26.2 Å². The summed E-state index contributed by atoms with van der Waals surface area (Å²) in [6.45, 7) is 5.98. The standard InChI is InChI=1S/C13H17BrO2/c1-9(2)13(3,12(15)16-4)10-5-7-11(14)8-6-10/h5-9H,1-4H3. The SMILES string of the molecule is COC(=O)C(C)(c1ccc(Br)cc1)C(C)C. The average Bonchev–Trinajstić information content (AvgIpc) is 2.27. The zero-order valence-corrected chi connectivity index (χ0v) is 11.7. The highest BCUT2D eigenvalue weighted by Gasteiger charge is 2.39. The highest BCUT2D eigenvalue weighted by molar-refractivity contribution is 9.10. The molecular formula is C13H17BrO2. The van der Waals surface area contributed by atoms with Gasteiger partial charge in [0.15, 0.2) is 0 Å². The van der Waals surface area contributed by atoms with Crippen molar-refractivity contribution in [1.82, 2.24) is 0 Å². The molecule has 0 aliphatic heterocycles. The summed E-state index contributed by atoms with van der Waals surface area (Å²) < 4.78 is 5.92. The summed E-state index contributed by atoms with van der Waals surface area (Å²) in [4.78, 5) is 11.9. The van der Waals surface area contributed by atoms with Gasteiger partial charge in [0.2, 0.25) is 0 Å². The molecule has 2 nitrogen and oxygen atoms in total. The van der Waals surface area contributed by atoms with Crippen LogP contribution in [-0.2, 0) is 14.9 Å². The molecule has 1 aromatic rings. The summed E-state index contributed by atoms with van der Waals surface area (Å²) >= 11 is 3.39. The molecule has 0 bridgehead atoms. The smallest absolute Gasteiger partial charge is 0.316 e. The van der Waals surface area contributed by atoms with E-state index >= 15 is 0 Å². The molecule has 0 aromatic heterocycles. The summed E-state index contributed by atoms with van der Waals surface area (Å²) in [6.07, 6.45) is 0. The lowest BCUT2D eigenvalue weighted by atomic mass is 9.73. The molecule has 0 saturated heterocycles. The van der Waals surface area contributed by atoms with E-state index in [1.165, 1.54) is 7.11 Å². The molecule has 1 atom stereocenters. The molecule has 16 heavy (non-hydrogen) atoms. The molecule has 0 aliphatic carbocycles. The van der Waals surface area contributed by atoms with Crippen LogP contribution in [0.4, 0.5) is 0 Å². The highest BCUT2D eigenvalue weighted by atomic mass is 79.9. The largest absolute Gasteiger partial charge is 0.468 e. The summed E-state index contributed by atoms with van der Waals surface area (Å²) in [6, 6.07) is 7.81. The van der Waals surface area contributed by atoms with Crippen molar-refractivity contribution in [3.05, 3.63) is 34.3 Å². The second-order valence-corrected chi connectivity index (χ2v) is 5.27. The van der Waals surface area contributed by atoms with Gasteiger partial charge in [-0.05, 0) is 30.5 Å². The van der Waals surface area contributed by atoms with Gasteiger partial charge in [0, 0.05) is 4.47 Å². The Morgan fingerprint density at radius 3 is 2.19 bits per heavy atom. The van der Waals surface area contributed by atoms with Crippen LogP contribution < -0.4 is 0 Å². The van der Waals surface area contributed by atoms with Crippen molar-refractivity contribution in [3.63, 3.8) is 0 Å². The number of methoxy groups -OCH3 is 1. The topological polar surface area (TPSA) is 26.3 Å². The third kappa shape index (κ3) is 2.29. The number of ether oxygens (including phenoxy) is 1. The first-order chi connectivity index (χ1) is 7.42. The Morgan fingerprint density at radius 1 is 1.31 bits per heavy atom. The van der Waals surface area contributed by atoms with Gasteiger partial charge in [-0.3, -0.25) is 4.79 Å². The summed E-state index contributed by atoms with van der Waals surface area (Å²) in [5, 5.41) is 0. The van der Waals surface area contributed by atoms with Gasteiger partial charge >= 0.3 is 5.97 Å². The number of benzene rings is 1. The first kappa shape index (κ1) is 13.2. The minimum atomic E-state index is -0.588. The number of hydrogen-bond acceptors (Lipinski definition) is 2. The Hall–Kier alpha value is -0.830. The predicted molar refractivity (Wildman–Crippen MR) is 68.3 cm³/mol. The third-order valence-electron chi connectivity index (χ3n) is 3.21. The molecular weight excluding hydrogens is 268 g/mol. The van der Waals surface area contributed by atoms with Gasteiger partial charge in [-0.2, -0.15) is 0 Å². The Balaban J connectivity index is 3.21. The Bertz CT molecular complexity index is 370. The van der Waals surface area contributed by atoms with E-state index < -0.39 is 5.41 Å². The van der Waals surface area contributed by atoms with Gasteiger partial charge in [0.25, 0.3) is 0 Å². The molecule has 3 heteroatoms. The van der Waals surface area contributed by atoms with Crippen molar-refractivity contribution >= 4 is 21.9 Å². The van der Waals surface area contributed by atoms with Gasteiger partial charge in [-0.15, -0.1) is 0 Å². The second kappa shape index (κ2) is 5.00. The zero-order chi connectivity index (χ0) is 12.3. The van der Waals surface area contributed by atoms with Crippen LogP contribution in [-0.4, -0.2) is 13.1 Å². The maximum Gasteiger partial charge on any atom is 0.316 e. The molecule has 0 fully saturated rings. The number of esters is 1. The zero-order valence-electron chi connectivity index (χ0n) is 10.1. The van der Waals surface area contributed by atoms with Crippen molar-refractivity contribution in [2.75, 3.05) is 7.11 Å². The Kier molecular flexibility index (Phi) is 4.14. The lowest BCUT2D eigenvalue weighted by molar-refractivity contribution is -0.148. The lowest BCUT2D eigenvalue weighted by Gasteiger charge is -2.31. The van der Waals surface area contributed by atoms with Gasteiger partial charge in [-0.1, -0.05) is 41.9 Å². The molecule has 0 heterocycles. The maximum absolute atomic E-state index is 11.9. The first-order valence-corrected chi connectivity index (χ1v) is 6.06. The molecule has 0 radical (unpaired) electrons. The third-order valence-corrected chi connectivity index (χ3v) is 3.74. The molecule has 0 spiro atoms. The molecule has 88 valence electrons. The van der Waals surface area contributed by atoms with Crippen molar-refractivity contribution in [1.29, 1.82) is 0 Å². The van der Waals surface area contributed by atoms with Crippen LogP contribution in [0.3, 0.4) is 0 Å². The lowest BCUT2D eigenvalue weighted by Crippen LogP contribution is -2.38. The van der Waals surface area contributed by atoms with Crippen LogP contribution in [0.1, 0.15) is 26.3 Å². The quantitative estimate of drug-likeness (QED) is 0.794.